The van der Waals surface area contributed by atoms with Gasteiger partial charge in [0.2, 0.25) is 0 Å². The maximum atomic E-state index is 13.2. The van der Waals surface area contributed by atoms with E-state index in [9.17, 15) is 14.7 Å². The summed E-state index contributed by atoms with van der Waals surface area (Å²) >= 11 is 0. The summed E-state index contributed by atoms with van der Waals surface area (Å²) in [5.74, 6) is 0.271. The first kappa shape index (κ1) is 19.9. The number of amides is 3. The number of β-amino-alcohol motifs (C(OH)–C–C–N with tert-alkyl or cyclic N) is 1. The van der Waals surface area contributed by atoms with Crippen molar-refractivity contribution in [3.8, 4) is 5.75 Å². The number of aliphatic hydroxyl groups is 1. The van der Waals surface area contributed by atoms with Crippen molar-refractivity contribution in [2.24, 2.45) is 0 Å². The van der Waals surface area contributed by atoms with Crippen LogP contribution in [0.25, 0.3) is 10.8 Å². The Bertz CT molecular complexity index is 1110. The molecule has 1 saturated heterocycles. The van der Waals surface area contributed by atoms with Crippen LogP contribution in [0.15, 0.2) is 66.7 Å². The third kappa shape index (κ3) is 3.50. The molecule has 0 aliphatic carbocycles. The molecule has 3 amide bonds. The van der Waals surface area contributed by atoms with Gasteiger partial charge in [-0.3, -0.25) is 9.69 Å². The average molecular weight is 404 g/mol. The molecule has 0 bridgehead atoms. The van der Waals surface area contributed by atoms with E-state index >= 15 is 0 Å². The minimum Gasteiger partial charge on any atom is -0.491 e. The van der Waals surface area contributed by atoms with Gasteiger partial charge in [-0.05, 0) is 41.8 Å². The molecule has 0 spiro atoms. The van der Waals surface area contributed by atoms with Crippen molar-refractivity contribution in [2.45, 2.75) is 25.5 Å². The fourth-order valence-electron chi connectivity index (χ4n) is 3.87. The number of rotatable bonds is 6. The molecule has 0 saturated carbocycles. The second-order valence-electron chi connectivity index (χ2n) is 7.73. The number of aliphatic hydroxyl groups excluding tert-OH is 1. The lowest BCUT2D eigenvalue weighted by Crippen LogP contribution is -2.43. The van der Waals surface area contributed by atoms with Crippen molar-refractivity contribution < 1.29 is 19.4 Å². The zero-order valence-electron chi connectivity index (χ0n) is 17.0. The van der Waals surface area contributed by atoms with Gasteiger partial charge in [0.05, 0.1) is 6.54 Å². The van der Waals surface area contributed by atoms with Gasteiger partial charge in [0.25, 0.3) is 5.91 Å². The zero-order valence-corrected chi connectivity index (χ0v) is 17.0. The van der Waals surface area contributed by atoms with Crippen LogP contribution < -0.4 is 10.1 Å². The fraction of sp³-hybridized carbons (Fsp3) is 0.250. The second kappa shape index (κ2) is 7.80. The van der Waals surface area contributed by atoms with Crippen LogP contribution in [0, 0.1) is 6.92 Å². The Labute approximate surface area is 175 Å². The van der Waals surface area contributed by atoms with Gasteiger partial charge in [-0.15, -0.1) is 0 Å². The molecule has 1 aliphatic rings. The first-order chi connectivity index (χ1) is 14.4. The first-order valence-electron chi connectivity index (χ1n) is 9.89. The monoisotopic (exact) mass is 404 g/mol. The standard InChI is InChI=1S/C24H24N2O4/c1-16-8-3-6-13-21(16)30-15-18(27)14-26-22(28)24(2,25-23(26)29)20-12-7-10-17-9-4-5-11-19(17)20/h3-13,18,27H,14-15H2,1-2H3,(H,25,29)/t18-,24-/m1/s1. The van der Waals surface area contributed by atoms with Gasteiger partial charge >= 0.3 is 6.03 Å². The van der Waals surface area contributed by atoms with Crippen LogP contribution in [0.5, 0.6) is 5.75 Å². The summed E-state index contributed by atoms with van der Waals surface area (Å²) in [6.45, 7) is 3.45. The lowest BCUT2D eigenvalue weighted by molar-refractivity contribution is -0.132. The van der Waals surface area contributed by atoms with E-state index in [4.69, 9.17) is 4.74 Å². The molecule has 4 rings (SSSR count). The van der Waals surface area contributed by atoms with Crippen LogP contribution in [0.3, 0.4) is 0 Å². The molecule has 154 valence electrons. The molecule has 3 aromatic rings. The highest BCUT2D eigenvalue weighted by atomic mass is 16.5. The Kier molecular flexibility index (Phi) is 5.18. The number of benzene rings is 3. The van der Waals surface area contributed by atoms with Crippen molar-refractivity contribution in [1.82, 2.24) is 10.2 Å². The molecule has 6 heteroatoms. The Hall–Kier alpha value is -3.38. The van der Waals surface area contributed by atoms with Gasteiger partial charge < -0.3 is 15.2 Å². The van der Waals surface area contributed by atoms with Crippen LogP contribution in [-0.4, -0.2) is 41.2 Å². The van der Waals surface area contributed by atoms with E-state index in [-0.39, 0.29) is 13.2 Å². The summed E-state index contributed by atoms with van der Waals surface area (Å²) in [6.07, 6.45) is -1.01. The number of imide groups is 1. The number of hydrogen-bond acceptors (Lipinski definition) is 4. The molecule has 2 atom stereocenters. The van der Waals surface area contributed by atoms with Crippen LogP contribution >= 0.6 is 0 Å². The molecule has 0 radical (unpaired) electrons. The predicted molar refractivity (Wildman–Crippen MR) is 114 cm³/mol. The highest BCUT2D eigenvalue weighted by Gasteiger charge is 2.49. The van der Waals surface area contributed by atoms with Crippen molar-refractivity contribution >= 4 is 22.7 Å². The summed E-state index contributed by atoms with van der Waals surface area (Å²) in [4.78, 5) is 26.9. The van der Waals surface area contributed by atoms with Crippen molar-refractivity contribution in [2.75, 3.05) is 13.2 Å². The molecule has 1 fully saturated rings. The summed E-state index contributed by atoms with van der Waals surface area (Å²) in [5, 5.41) is 15.1. The highest BCUT2D eigenvalue weighted by molar-refractivity contribution is 6.09. The van der Waals surface area contributed by atoms with E-state index in [0.717, 1.165) is 26.8 Å². The van der Waals surface area contributed by atoms with E-state index in [2.05, 4.69) is 5.32 Å². The number of nitrogens with one attached hydrogen (secondary N) is 1. The van der Waals surface area contributed by atoms with Crippen LogP contribution in [-0.2, 0) is 10.3 Å². The molecule has 0 aromatic heterocycles. The van der Waals surface area contributed by atoms with E-state index < -0.39 is 23.6 Å². The number of carbonyl (C=O) groups excluding carboxylic acids is 2. The maximum absolute atomic E-state index is 13.2. The van der Waals surface area contributed by atoms with Crippen LogP contribution in [0.1, 0.15) is 18.1 Å². The molecule has 1 aliphatic heterocycles. The van der Waals surface area contributed by atoms with Crippen LogP contribution in [0.4, 0.5) is 4.79 Å². The maximum Gasteiger partial charge on any atom is 0.325 e. The summed E-state index contributed by atoms with van der Waals surface area (Å²) in [7, 11) is 0. The third-order valence-electron chi connectivity index (χ3n) is 5.52. The zero-order chi connectivity index (χ0) is 21.3. The molecule has 6 nitrogen and oxygen atoms in total. The van der Waals surface area contributed by atoms with E-state index in [1.165, 1.54) is 0 Å². The molecule has 30 heavy (non-hydrogen) atoms. The molecular weight excluding hydrogens is 380 g/mol. The first-order valence-corrected chi connectivity index (χ1v) is 9.89. The molecule has 1 heterocycles. The Morgan fingerprint density at radius 1 is 1.03 bits per heavy atom. The predicted octanol–water partition coefficient (Wildman–Crippen LogP) is 3.36. The number of hydrogen-bond donors (Lipinski definition) is 2. The lowest BCUT2D eigenvalue weighted by atomic mass is 9.88. The van der Waals surface area contributed by atoms with Gasteiger partial charge in [-0.2, -0.15) is 0 Å². The minimum atomic E-state index is -1.20. The van der Waals surface area contributed by atoms with Gasteiger partial charge in [0.1, 0.15) is 24.0 Å². The van der Waals surface area contributed by atoms with E-state index in [0.29, 0.717) is 5.75 Å². The molecule has 3 aromatic carbocycles. The summed E-state index contributed by atoms with van der Waals surface area (Å²) in [5.41, 5.74) is 0.476. The highest BCUT2D eigenvalue weighted by Crippen LogP contribution is 2.33. The van der Waals surface area contributed by atoms with Crippen molar-refractivity contribution in [3.63, 3.8) is 0 Å². The number of urea groups is 1. The van der Waals surface area contributed by atoms with Gasteiger partial charge in [-0.1, -0.05) is 60.7 Å². The van der Waals surface area contributed by atoms with E-state index in [1.807, 2.05) is 73.7 Å². The summed E-state index contributed by atoms with van der Waals surface area (Å²) < 4.78 is 5.65. The quantitative estimate of drug-likeness (QED) is 0.618. The SMILES string of the molecule is Cc1ccccc1OC[C@H](O)CN1C(=O)N[C@](C)(c2cccc3ccccc23)C1=O. The molecule has 0 unspecified atom stereocenters. The van der Waals surface area contributed by atoms with Crippen molar-refractivity contribution in [3.05, 3.63) is 77.9 Å². The van der Waals surface area contributed by atoms with Gasteiger partial charge in [0, 0.05) is 0 Å². The Morgan fingerprint density at radius 3 is 2.53 bits per heavy atom. The van der Waals surface area contributed by atoms with Gasteiger partial charge in [-0.25, -0.2) is 4.79 Å². The number of para-hydroxylation sites is 1. The fourth-order valence-corrected chi connectivity index (χ4v) is 3.87. The Balaban J connectivity index is 1.51. The Morgan fingerprint density at radius 2 is 1.73 bits per heavy atom. The van der Waals surface area contributed by atoms with E-state index in [1.54, 1.807) is 6.92 Å². The summed E-state index contributed by atoms with van der Waals surface area (Å²) in [6, 6.07) is 20.4. The second-order valence-corrected chi connectivity index (χ2v) is 7.73. The number of ether oxygens (including phenoxy) is 1. The topological polar surface area (TPSA) is 78.9 Å². The van der Waals surface area contributed by atoms with Crippen LogP contribution in [0.2, 0.25) is 0 Å². The normalized spacial score (nSPS) is 19.8. The lowest BCUT2D eigenvalue weighted by Gasteiger charge is -2.24. The van der Waals surface area contributed by atoms with Gasteiger partial charge in [0.15, 0.2) is 0 Å². The number of aryl methyl sites for hydroxylation is 1. The minimum absolute atomic E-state index is 0.0209. The third-order valence-corrected chi connectivity index (χ3v) is 5.52. The number of fused-ring (bicyclic) bond motifs is 1. The average Bonchev–Trinajstić information content (AvgIpc) is 2.96. The molecular formula is C24H24N2O4. The number of nitrogens with zero attached hydrogens (tertiary/aromatic N) is 1. The number of carbonyl (C=O) groups is 2. The largest absolute Gasteiger partial charge is 0.491 e. The molecule has 2 N–H and O–H groups in total. The van der Waals surface area contributed by atoms with Crippen molar-refractivity contribution in [1.29, 1.82) is 0 Å². The smallest absolute Gasteiger partial charge is 0.325 e.